The van der Waals surface area contributed by atoms with Crippen molar-refractivity contribution in [3.8, 4) is 22.6 Å². The van der Waals surface area contributed by atoms with E-state index in [4.69, 9.17) is 9.47 Å². The summed E-state index contributed by atoms with van der Waals surface area (Å²) in [7, 11) is -0.352. The molecule has 3 nitrogen and oxygen atoms in total. The summed E-state index contributed by atoms with van der Waals surface area (Å²) in [6.07, 6.45) is 1.74. The van der Waals surface area contributed by atoms with Crippen LogP contribution in [0.5, 0.6) is 11.5 Å². The molecular formula is C23H32O3Si. The molecule has 0 amide bonds. The van der Waals surface area contributed by atoms with Crippen LogP contribution < -0.4 is 9.92 Å². The number of aromatic hydroxyl groups is 1. The van der Waals surface area contributed by atoms with E-state index in [-0.39, 0.29) is 5.04 Å². The minimum atomic E-state index is -2.04. The monoisotopic (exact) mass is 384 g/mol. The van der Waals surface area contributed by atoms with Gasteiger partial charge in [-0.2, -0.15) is 0 Å². The number of phenolic OH excluding ortho intramolecular Hbond substituents is 1. The second-order valence-electron chi connectivity index (χ2n) is 8.37. The van der Waals surface area contributed by atoms with Crippen LogP contribution in [0.2, 0.25) is 18.1 Å². The van der Waals surface area contributed by atoms with Crippen molar-refractivity contribution in [2.24, 2.45) is 0 Å². The number of benzene rings is 2. The molecule has 146 valence electrons. The molecule has 0 aliphatic heterocycles. The van der Waals surface area contributed by atoms with E-state index in [0.29, 0.717) is 19.0 Å². The maximum absolute atomic E-state index is 11.1. The molecule has 2 rings (SSSR count). The fourth-order valence-electron chi connectivity index (χ4n) is 3.22. The minimum absolute atomic E-state index is 0.0664. The van der Waals surface area contributed by atoms with Crippen LogP contribution in [0.25, 0.3) is 11.1 Å². The van der Waals surface area contributed by atoms with E-state index in [2.05, 4.69) is 40.4 Å². The van der Waals surface area contributed by atoms with Gasteiger partial charge in [0.25, 0.3) is 0 Å². The van der Waals surface area contributed by atoms with Gasteiger partial charge in [-0.05, 0) is 21.9 Å². The van der Waals surface area contributed by atoms with Gasteiger partial charge < -0.3 is 14.6 Å². The van der Waals surface area contributed by atoms with Gasteiger partial charge in [-0.25, -0.2) is 0 Å². The van der Waals surface area contributed by atoms with Crippen molar-refractivity contribution < 1.29 is 14.6 Å². The Morgan fingerprint density at radius 1 is 1.15 bits per heavy atom. The van der Waals surface area contributed by atoms with Crippen LogP contribution in [0.4, 0.5) is 0 Å². The zero-order valence-corrected chi connectivity index (χ0v) is 18.4. The average molecular weight is 385 g/mol. The SMILES string of the molecule is C=CCOCc1c(OC)c(-c2ccccc2)cc(O)c1[Si](C)(C)C(C)(C)C. The molecule has 2 aromatic rings. The number of hydrogen-bond donors (Lipinski definition) is 1. The van der Waals surface area contributed by atoms with Crippen LogP contribution in [0.3, 0.4) is 0 Å². The molecular weight excluding hydrogens is 352 g/mol. The van der Waals surface area contributed by atoms with Crippen LogP contribution in [-0.4, -0.2) is 26.9 Å². The third-order valence-electron chi connectivity index (χ3n) is 5.63. The highest BCUT2D eigenvalue weighted by molar-refractivity contribution is 6.93. The Balaban J connectivity index is 2.78. The quantitative estimate of drug-likeness (QED) is 0.390. The smallest absolute Gasteiger partial charge is 0.132 e. The van der Waals surface area contributed by atoms with Gasteiger partial charge in [-0.3, -0.25) is 0 Å². The van der Waals surface area contributed by atoms with Gasteiger partial charge in [0, 0.05) is 11.1 Å². The molecule has 4 heteroatoms. The van der Waals surface area contributed by atoms with Crippen molar-refractivity contribution in [3.63, 3.8) is 0 Å². The Labute approximate surface area is 164 Å². The zero-order chi connectivity index (χ0) is 20.2. The van der Waals surface area contributed by atoms with E-state index in [1.165, 1.54) is 0 Å². The first-order valence-electron chi connectivity index (χ1n) is 9.32. The van der Waals surface area contributed by atoms with Crippen LogP contribution >= 0.6 is 0 Å². The maximum atomic E-state index is 11.1. The average Bonchev–Trinajstić information content (AvgIpc) is 2.61. The number of rotatable bonds is 7. The van der Waals surface area contributed by atoms with Crippen LogP contribution in [0.15, 0.2) is 49.1 Å². The first-order valence-corrected chi connectivity index (χ1v) is 12.3. The van der Waals surface area contributed by atoms with E-state index >= 15 is 0 Å². The summed E-state index contributed by atoms with van der Waals surface area (Å²) in [6.45, 7) is 15.9. The third-order valence-corrected chi connectivity index (χ3v) is 11.2. The summed E-state index contributed by atoms with van der Waals surface area (Å²) < 4.78 is 11.7. The predicted octanol–water partition coefficient (Wildman–Crippen LogP) is 5.49. The van der Waals surface area contributed by atoms with E-state index < -0.39 is 8.07 Å². The van der Waals surface area contributed by atoms with Gasteiger partial charge in [0.15, 0.2) is 0 Å². The number of phenols is 1. The second-order valence-corrected chi connectivity index (χ2v) is 13.6. The van der Waals surface area contributed by atoms with Crippen molar-refractivity contribution in [1.82, 2.24) is 0 Å². The summed E-state index contributed by atoms with van der Waals surface area (Å²) in [6, 6.07) is 11.9. The fraction of sp³-hybridized carbons (Fsp3) is 0.391. The molecule has 27 heavy (non-hydrogen) atoms. The highest BCUT2D eigenvalue weighted by Crippen LogP contribution is 2.43. The molecule has 0 fully saturated rings. The molecule has 1 N–H and O–H groups in total. The standard InChI is InChI=1S/C23H32O3Si/c1-8-14-26-16-19-21(25-5)18(17-12-10-9-11-13-17)15-20(24)22(19)27(6,7)23(2,3)4/h8-13,15,24H,1,14,16H2,2-7H3. The molecule has 0 aromatic heterocycles. The van der Waals surface area contributed by atoms with Gasteiger partial charge in [0.05, 0.1) is 28.4 Å². The van der Waals surface area contributed by atoms with Crippen molar-refractivity contribution in [3.05, 3.63) is 54.6 Å². The minimum Gasteiger partial charge on any atom is -0.508 e. The third kappa shape index (κ3) is 4.28. The van der Waals surface area contributed by atoms with Crippen LogP contribution in [0.1, 0.15) is 26.3 Å². The van der Waals surface area contributed by atoms with E-state index in [1.807, 2.05) is 36.4 Å². The highest BCUT2D eigenvalue weighted by Gasteiger charge is 2.41. The first-order chi connectivity index (χ1) is 12.6. The van der Waals surface area contributed by atoms with Gasteiger partial charge in [-0.1, -0.05) is 70.3 Å². The molecule has 0 radical (unpaired) electrons. The lowest BCUT2D eigenvalue weighted by Crippen LogP contribution is -2.51. The Morgan fingerprint density at radius 2 is 1.78 bits per heavy atom. The summed E-state index contributed by atoms with van der Waals surface area (Å²) in [5.74, 6) is 1.11. The fourth-order valence-corrected chi connectivity index (χ4v) is 5.63. The lowest BCUT2D eigenvalue weighted by Gasteiger charge is -2.39. The molecule has 0 saturated carbocycles. The molecule has 0 unspecified atom stereocenters. The largest absolute Gasteiger partial charge is 0.508 e. The Morgan fingerprint density at radius 3 is 2.30 bits per heavy atom. The molecule has 0 bridgehead atoms. The van der Waals surface area contributed by atoms with E-state index in [9.17, 15) is 5.11 Å². The molecule has 0 spiro atoms. The lowest BCUT2D eigenvalue weighted by molar-refractivity contribution is 0.147. The number of ether oxygens (including phenoxy) is 2. The van der Waals surface area contributed by atoms with Gasteiger partial charge >= 0.3 is 0 Å². The summed E-state index contributed by atoms with van der Waals surface area (Å²) >= 11 is 0. The summed E-state index contributed by atoms with van der Waals surface area (Å²) in [5.41, 5.74) is 2.84. The van der Waals surface area contributed by atoms with E-state index in [1.54, 1.807) is 13.2 Å². The topological polar surface area (TPSA) is 38.7 Å². The molecule has 0 aliphatic carbocycles. The predicted molar refractivity (Wildman–Crippen MR) is 117 cm³/mol. The normalized spacial score (nSPS) is 12.1. The van der Waals surface area contributed by atoms with Crippen molar-refractivity contribution in [2.75, 3.05) is 13.7 Å². The molecule has 0 heterocycles. The van der Waals surface area contributed by atoms with Crippen molar-refractivity contribution in [2.45, 2.75) is 45.5 Å². The van der Waals surface area contributed by atoms with Gasteiger partial charge in [0.1, 0.15) is 11.5 Å². The summed E-state index contributed by atoms with van der Waals surface area (Å²) in [4.78, 5) is 0. The molecule has 2 aromatic carbocycles. The molecule has 0 saturated heterocycles. The molecule has 0 aliphatic rings. The van der Waals surface area contributed by atoms with Crippen molar-refractivity contribution in [1.29, 1.82) is 0 Å². The summed E-state index contributed by atoms with van der Waals surface area (Å²) in [5, 5.41) is 12.2. The zero-order valence-electron chi connectivity index (χ0n) is 17.4. The van der Waals surface area contributed by atoms with Gasteiger partial charge in [-0.15, -0.1) is 6.58 Å². The first kappa shape index (κ1) is 21.3. The number of hydrogen-bond acceptors (Lipinski definition) is 3. The van der Waals surface area contributed by atoms with Crippen LogP contribution in [-0.2, 0) is 11.3 Å². The Hall–Kier alpha value is -2.04. The van der Waals surface area contributed by atoms with Crippen molar-refractivity contribution >= 4 is 13.3 Å². The Kier molecular flexibility index (Phi) is 6.55. The maximum Gasteiger partial charge on any atom is 0.132 e. The van der Waals surface area contributed by atoms with E-state index in [0.717, 1.165) is 27.6 Å². The highest BCUT2D eigenvalue weighted by atomic mass is 28.3. The second kappa shape index (κ2) is 8.32. The Bertz CT molecular complexity index is 790. The van der Waals surface area contributed by atoms with Crippen LogP contribution in [0, 0.1) is 0 Å². The molecule has 0 atom stereocenters. The van der Waals surface area contributed by atoms with Gasteiger partial charge in [0.2, 0.25) is 0 Å². The lowest BCUT2D eigenvalue weighted by atomic mass is 10.0. The number of methoxy groups -OCH3 is 1.